The third-order valence-electron chi connectivity index (χ3n) is 8.26. The zero-order chi connectivity index (χ0) is 26.9. The van der Waals surface area contributed by atoms with Crippen LogP contribution in [0.1, 0.15) is 162 Å². The van der Waals surface area contributed by atoms with Crippen LogP contribution in [0.25, 0.3) is 11.4 Å². The number of unbranched alkanes of at least 4 members (excludes halogenated alkanes) is 21. The van der Waals surface area contributed by atoms with Crippen LogP contribution >= 0.6 is 0 Å². The fourth-order valence-corrected chi connectivity index (χ4v) is 5.82. The predicted octanol–water partition coefficient (Wildman–Crippen LogP) is 11.5. The fraction of sp³-hybridized carbons (Fsp3) is 0.750. The summed E-state index contributed by atoms with van der Waals surface area (Å²) >= 11 is 0. The van der Waals surface area contributed by atoms with Gasteiger partial charge < -0.3 is 0 Å². The Morgan fingerprint density at radius 2 is 0.921 bits per heavy atom. The molecule has 0 unspecified atom stereocenters. The van der Waals surface area contributed by atoms with Crippen molar-refractivity contribution in [2.45, 2.75) is 175 Å². The number of benzene rings is 1. The maximum absolute atomic E-state index is 2.52. The van der Waals surface area contributed by atoms with Gasteiger partial charge in [0.25, 0.3) is 5.82 Å². The van der Waals surface area contributed by atoms with Crippen molar-refractivity contribution in [3.63, 3.8) is 0 Å². The van der Waals surface area contributed by atoms with Gasteiger partial charge in [0.1, 0.15) is 12.4 Å². The molecule has 0 aliphatic carbocycles. The van der Waals surface area contributed by atoms with E-state index in [4.69, 9.17) is 0 Å². The van der Waals surface area contributed by atoms with Gasteiger partial charge in [0.05, 0.1) is 18.7 Å². The Bertz CT molecular complexity index is 763. The van der Waals surface area contributed by atoms with Crippen molar-refractivity contribution in [2.75, 3.05) is 0 Å². The van der Waals surface area contributed by atoms with Gasteiger partial charge in [0, 0.05) is 0 Å². The second-order valence-electron chi connectivity index (χ2n) is 11.8. The second-order valence-corrected chi connectivity index (χ2v) is 11.8. The maximum atomic E-state index is 2.52. The van der Waals surface area contributed by atoms with Crippen molar-refractivity contribution in [1.82, 2.24) is 4.57 Å². The Balaban J connectivity index is 1.63. The van der Waals surface area contributed by atoms with Crippen molar-refractivity contribution in [3.05, 3.63) is 42.7 Å². The topological polar surface area (TPSA) is 8.81 Å². The number of hydrogen-bond donors (Lipinski definition) is 0. The highest BCUT2D eigenvalue weighted by Crippen LogP contribution is 2.18. The fourth-order valence-electron chi connectivity index (χ4n) is 5.82. The molecule has 0 radical (unpaired) electrons. The lowest BCUT2D eigenvalue weighted by Gasteiger charge is -2.07. The van der Waals surface area contributed by atoms with Gasteiger partial charge in [-0.05, 0) is 37.8 Å². The highest BCUT2D eigenvalue weighted by molar-refractivity contribution is 5.52. The third kappa shape index (κ3) is 15.1. The Hall–Kier alpha value is -1.57. The maximum Gasteiger partial charge on any atom is 0.288 e. The summed E-state index contributed by atoms with van der Waals surface area (Å²) in [7, 11) is 0. The first-order chi connectivity index (χ1) is 18.9. The molecule has 0 spiro atoms. The van der Waals surface area contributed by atoms with E-state index in [-0.39, 0.29) is 0 Å². The summed E-state index contributed by atoms with van der Waals surface area (Å²) in [6, 6.07) is 11.1. The standard InChI is InChI=1S/C36H63N2/c1-3-5-7-9-11-13-15-17-19-21-23-28-32-38-34-33-37(36(38)35-29-25-24-26-30-35)31-27-22-20-18-16-14-12-10-8-6-4-2/h24-26,29-30,33-34H,3-23,27-28,31-32H2,1-2H3/q+1. The van der Waals surface area contributed by atoms with Crippen LogP contribution in [0, 0.1) is 0 Å². The molecule has 0 aliphatic heterocycles. The molecular weight excluding hydrogens is 460 g/mol. The molecule has 0 aliphatic rings. The lowest BCUT2D eigenvalue weighted by atomic mass is 10.1. The minimum atomic E-state index is 1.15. The van der Waals surface area contributed by atoms with Crippen LogP contribution in [0.5, 0.6) is 0 Å². The van der Waals surface area contributed by atoms with Gasteiger partial charge in [-0.2, -0.15) is 0 Å². The van der Waals surface area contributed by atoms with Crippen LogP contribution < -0.4 is 4.57 Å². The summed E-state index contributed by atoms with van der Waals surface area (Å²) in [6.45, 7) is 6.89. The number of hydrogen-bond acceptors (Lipinski definition) is 0. The first-order valence-electron chi connectivity index (χ1n) is 17.0. The Morgan fingerprint density at radius 1 is 0.500 bits per heavy atom. The van der Waals surface area contributed by atoms with Gasteiger partial charge in [-0.15, -0.1) is 0 Å². The van der Waals surface area contributed by atoms with Crippen molar-refractivity contribution in [1.29, 1.82) is 0 Å². The Morgan fingerprint density at radius 3 is 1.39 bits per heavy atom. The second kappa shape index (κ2) is 23.3. The lowest BCUT2D eigenvalue weighted by molar-refractivity contribution is -0.686. The quantitative estimate of drug-likeness (QED) is 0.0856. The molecule has 2 aromatic rings. The minimum Gasteiger partial charge on any atom is -0.230 e. The molecule has 0 saturated heterocycles. The number of imidazole rings is 1. The van der Waals surface area contributed by atoms with E-state index in [0.717, 1.165) is 13.1 Å². The van der Waals surface area contributed by atoms with E-state index >= 15 is 0 Å². The van der Waals surface area contributed by atoms with Crippen LogP contribution in [0.15, 0.2) is 42.7 Å². The molecule has 0 fully saturated rings. The number of aryl methyl sites for hydroxylation is 2. The van der Waals surface area contributed by atoms with Gasteiger partial charge in [0.15, 0.2) is 0 Å². The first kappa shape index (κ1) is 32.6. The molecule has 0 atom stereocenters. The van der Waals surface area contributed by atoms with Crippen LogP contribution in [0.4, 0.5) is 0 Å². The SMILES string of the molecule is CCCCCCCCCCCCCC[n+]1ccn(CCCCCCCCCCCCC)c1-c1ccccc1. The average Bonchev–Trinajstić information content (AvgIpc) is 3.35. The van der Waals surface area contributed by atoms with Crippen molar-refractivity contribution < 1.29 is 4.57 Å². The van der Waals surface area contributed by atoms with Crippen molar-refractivity contribution in [2.24, 2.45) is 0 Å². The summed E-state index contributed by atoms with van der Waals surface area (Å²) in [6.07, 6.45) is 37.1. The van der Waals surface area contributed by atoms with E-state index in [1.54, 1.807) is 0 Å². The molecule has 1 aromatic heterocycles. The third-order valence-corrected chi connectivity index (χ3v) is 8.26. The van der Waals surface area contributed by atoms with Gasteiger partial charge in [0.2, 0.25) is 0 Å². The summed E-state index contributed by atoms with van der Waals surface area (Å²) in [5.74, 6) is 1.40. The predicted molar refractivity (Wildman–Crippen MR) is 168 cm³/mol. The molecule has 216 valence electrons. The van der Waals surface area contributed by atoms with Crippen LogP contribution in [-0.4, -0.2) is 4.57 Å². The molecule has 1 aromatic carbocycles. The summed E-state index contributed by atoms with van der Waals surface area (Å²) in [4.78, 5) is 0. The number of rotatable bonds is 26. The Kier molecular flexibility index (Phi) is 20.0. The zero-order valence-corrected chi connectivity index (χ0v) is 25.6. The largest absolute Gasteiger partial charge is 0.288 e. The molecule has 0 bridgehead atoms. The van der Waals surface area contributed by atoms with Gasteiger partial charge in [-0.3, -0.25) is 0 Å². The van der Waals surface area contributed by atoms with Crippen molar-refractivity contribution in [3.8, 4) is 11.4 Å². The summed E-state index contributed by atoms with van der Waals surface area (Å²) in [5.41, 5.74) is 1.36. The average molecular weight is 524 g/mol. The van der Waals surface area contributed by atoms with E-state index in [2.05, 4.69) is 65.7 Å². The molecule has 0 amide bonds. The smallest absolute Gasteiger partial charge is 0.230 e. The number of nitrogens with zero attached hydrogens (tertiary/aromatic N) is 2. The molecule has 2 heteroatoms. The van der Waals surface area contributed by atoms with Crippen LogP contribution in [0.3, 0.4) is 0 Å². The monoisotopic (exact) mass is 523 g/mol. The van der Waals surface area contributed by atoms with Gasteiger partial charge in [-0.25, -0.2) is 9.13 Å². The molecule has 2 rings (SSSR count). The molecule has 2 nitrogen and oxygen atoms in total. The van der Waals surface area contributed by atoms with E-state index < -0.39 is 0 Å². The normalized spacial score (nSPS) is 11.4. The highest BCUT2D eigenvalue weighted by Gasteiger charge is 2.18. The highest BCUT2D eigenvalue weighted by atomic mass is 15.1. The lowest BCUT2D eigenvalue weighted by Crippen LogP contribution is -2.34. The molecule has 0 saturated carbocycles. The van der Waals surface area contributed by atoms with Crippen LogP contribution in [0.2, 0.25) is 0 Å². The molecular formula is C36H63N2+. The van der Waals surface area contributed by atoms with Gasteiger partial charge >= 0.3 is 0 Å². The van der Waals surface area contributed by atoms with E-state index in [9.17, 15) is 0 Å². The summed E-state index contributed by atoms with van der Waals surface area (Å²) in [5, 5.41) is 0. The van der Waals surface area contributed by atoms with E-state index in [1.165, 1.54) is 159 Å². The van der Waals surface area contributed by atoms with Gasteiger partial charge in [-0.1, -0.05) is 154 Å². The summed E-state index contributed by atoms with van der Waals surface area (Å²) < 4.78 is 5.04. The molecule has 0 N–H and O–H groups in total. The molecule has 38 heavy (non-hydrogen) atoms. The minimum absolute atomic E-state index is 1.15. The van der Waals surface area contributed by atoms with Crippen molar-refractivity contribution >= 4 is 0 Å². The number of aromatic nitrogens is 2. The van der Waals surface area contributed by atoms with Crippen LogP contribution in [-0.2, 0) is 13.1 Å². The van der Waals surface area contributed by atoms with E-state index in [1.807, 2.05) is 0 Å². The Labute approximate surface area is 237 Å². The molecule has 1 heterocycles. The first-order valence-corrected chi connectivity index (χ1v) is 17.0. The zero-order valence-electron chi connectivity index (χ0n) is 25.6. The van der Waals surface area contributed by atoms with E-state index in [0.29, 0.717) is 0 Å².